The zero-order valence-corrected chi connectivity index (χ0v) is 33.1. The molecule has 0 aliphatic carbocycles. The summed E-state index contributed by atoms with van der Waals surface area (Å²) in [5.74, 6) is -0.915. The Hall–Kier alpha value is -6.12. The third kappa shape index (κ3) is 8.52. The zero-order chi connectivity index (χ0) is 41.0. The van der Waals surface area contributed by atoms with Gasteiger partial charge in [-0.3, -0.25) is 29.2 Å². The summed E-state index contributed by atoms with van der Waals surface area (Å²) in [6.45, 7) is 6.96. The highest BCUT2D eigenvalue weighted by Crippen LogP contribution is 2.25. The normalized spacial score (nSPS) is 13.4. The van der Waals surface area contributed by atoms with Crippen molar-refractivity contribution in [3.05, 3.63) is 104 Å². The molecule has 2 amide bonds. The van der Waals surface area contributed by atoms with Crippen molar-refractivity contribution in [2.75, 3.05) is 27.3 Å². The van der Waals surface area contributed by atoms with Gasteiger partial charge in [0, 0.05) is 60.8 Å². The summed E-state index contributed by atoms with van der Waals surface area (Å²) in [4.78, 5) is 73.5. The van der Waals surface area contributed by atoms with Crippen LogP contribution >= 0.6 is 0 Å². The van der Waals surface area contributed by atoms with Crippen LogP contribution in [0, 0.1) is 13.8 Å². The van der Waals surface area contributed by atoms with Crippen molar-refractivity contribution in [2.24, 2.45) is 9.98 Å². The van der Waals surface area contributed by atoms with Crippen LogP contribution in [0.5, 0.6) is 0 Å². The number of hydrogen-bond donors (Lipinski definition) is 4. The van der Waals surface area contributed by atoms with Gasteiger partial charge < -0.3 is 30.0 Å². The summed E-state index contributed by atoms with van der Waals surface area (Å²) < 4.78 is 2.94. The van der Waals surface area contributed by atoms with Gasteiger partial charge in [-0.15, -0.1) is 0 Å². The van der Waals surface area contributed by atoms with Crippen LogP contribution < -0.4 is 21.8 Å². The Morgan fingerprint density at radius 1 is 0.684 bits per heavy atom. The standard InChI is InChI=1S/C43H48N8O6/c1-24-10-7-12-28-16-32-38(48-36(24)28)34(40(54)46-26(3)22-52)20-50(42(32)56)18-30(44-5)14-9-15-31(45-6)19-51-21-35(41(55)47-27(4)23-53)39-33(43(51)57)17-29-13-8-11-25(2)37(29)49-39/h7-8,10-13,16-17,20-21,26-27,52-53H,9,14-15,18-19,22-23H2,1-6H3,(H,46,54)(H,47,55). The van der Waals surface area contributed by atoms with Crippen molar-refractivity contribution in [1.82, 2.24) is 29.7 Å². The minimum absolute atomic E-state index is 0.126. The van der Waals surface area contributed by atoms with E-state index in [2.05, 4.69) is 20.6 Å². The number of pyridine rings is 4. The average Bonchev–Trinajstić information content (AvgIpc) is 3.20. The molecular formula is C43H48N8O6. The molecule has 6 aromatic rings. The van der Waals surface area contributed by atoms with Gasteiger partial charge in [-0.1, -0.05) is 36.4 Å². The molecule has 0 aliphatic rings. The lowest BCUT2D eigenvalue weighted by molar-refractivity contribution is 0.0915. The third-order valence-electron chi connectivity index (χ3n) is 10.2. The van der Waals surface area contributed by atoms with Crippen LogP contribution in [-0.2, 0) is 13.1 Å². The number of carbonyl (C=O) groups is 2. The van der Waals surface area contributed by atoms with Crippen molar-refractivity contribution in [1.29, 1.82) is 0 Å². The van der Waals surface area contributed by atoms with Crippen molar-refractivity contribution in [3.8, 4) is 0 Å². The molecule has 0 bridgehead atoms. The number of benzene rings is 2. The molecule has 2 unspecified atom stereocenters. The first-order valence-electron chi connectivity index (χ1n) is 19.0. The molecule has 0 spiro atoms. The Labute approximate surface area is 329 Å². The molecule has 14 heteroatoms. The molecule has 6 rings (SSSR count). The van der Waals surface area contributed by atoms with Crippen LogP contribution in [0.2, 0.25) is 0 Å². The van der Waals surface area contributed by atoms with Gasteiger partial charge in [0.05, 0.1) is 70.3 Å². The Bertz CT molecular complexity index is 2530. The van der Waals surface area contributed by atoms with Crippen molar-refractivity contribution >= 4 is 66.8 Å². The van der Waals surface area contributed by atoms with Crippen molar-refractivity contribution < 1.29 is 19.8 Å². The lowest BCUT2D eigenvalue weighted by atomic mass is 10.1. The second kappa shape index (κ2) is 17.3. The summed E-state index contributed by atoms with van der Waals surface area (Å²) in [6, 6.07) is 13.9. The third-order valence-corrected chi connectivity index (χ3v) is 10.2. The molecule has 14 nitrogen and oxygen atoms in total. The number of para-hydroxylation sites is 2. The van der Waals surface area contributed by atoms with Crippen LogP contribution in [0.15, 0.2) is 80.5 Å². The number of carbonyl (C=O) groups excluding carboxylic acids is 2. The summed E-state index contributed by atoms with van der Waals surface area (Å²) in [5, 5.41) is 26.9. The predicted molar refractivity (Wildman–Crippen MR) is 225 cm³/mol. The van der Waals surface area contributed by atoms with E-state index in [0.717, 1.165) is 21.9 Å². The fourth-order valence-electron chi connectivity index (χ4n) is 6.97. The molecule has 2 aromatic carbocycles. The molecule has 4 heterocycles. The maximum Gasteiger partial charge on any atom is 0.260 e. The molecule has 2 atom stereocenters. The molecule has 4 N–H and O–H groups in total. The second-order valence-electron chi connectivity index (χ2n) is 14.6. The molecule has 57 heavy (non-hydrogen) atoms. The maximum absolute atomic E-state index is 14.0. The molecule has 0 saturated heterocycles. The molecule has 0 radical (unpaired) electrons. The van der Waals surface area contributed by atoms with Crippen LogP contribution in [0.4, 0.5) is 0 Å². The summed E-state index contributed by atoms with van der Waals surface area (Å²) in [6.07, 6.45) is 4.58. The smallest absolute Gasteiger partial charge is 0.260 e. The summed E-state index contributed by atoms with van der Waals surface area (Å²) in [5.41, 5.74) is 4.99. The fourth-order valence-corrected chi connectivity index (χ4v) is 6.97. The lowest BCUT2D eigenvalue weighted by Crippen LogP contribution is -2.36. The van der Waals surface area contributed by atoms with E-state index in [1.807, 2.05) is 50.2 Å². The van der Waals surface area contributed by atoms with E-state index in [1.54, 1.807) is 40.1 Å². The number of aliphatic hydroxyl groups is 2. The van der Waals surface area contributed by atoms with E-state index in [4.69, 9.17) is 9.97 Å². The van der Waals surface area contributed by atoms with Gasteiger partial charge in [0.2, 0.25) is 0 Å². The monoisotopic (exact) mass is 772 g/mol. The molecule has 4 aromatic heterocycles. The number of fused-ring (bicyclic) bond motifs is 4. The van der Waals surface area contributed by atoms with Gasteiger partial charge in [-0.05, 0) is 70.2 Å². The van der Waals surface area contributed by atoms with E-state index in [0.29, 0.717) is 52.5 Å². The SMILES string of the molecule is CN=C(CCCC(Cn1cc(C(=O)NC(C)CO)c2nc3c(C)cccc3cc2c1=O)=NC)Cn1cc(C(=O)NC(C)CO)c2nc3c(C)cccc3cc2c1=O. The van der Waals surface area contributed by atoms with E-state index in [1.165, 1.54) is 21.5 Å². The zero-order valence-electron chi connectivity index (χ0n) is 33.1. The minimum atomic E-state index is -0.512. The molecule has 296 valence electrons. The average molecular weight is 773 g/mol. The minimum Gasteiger partial charge on any atom is -0.394 e. The van der Waals surface area contributed by atoms with E-state index >= 15 is 0 Å². The van der Waals surface area contributed by atoms with Gasteiger partial charge in [0.1, 0.15) is 0 Å². The van der Waals surface area contributed by atoms with E-state index in [9.17, 15) is 29.4 Å². The predicted octanol–water partition coefficient (Wildman–Crippen LogP) is 4.26. The topological polar surface area (TPSA) is 193 Å². The number of nitrogens with zero attached hydrogens (tertiary/aromatic N) is 6. The van der Waals surface area contributed by atoms with Crippen LogP contribution in [0.3, 0.4) is 0 Å². The van der Waals surface area contributed by atoms with Gasteiger partial charge in [-0.25, -0.2) is 9.97 Å². The lowest BCUT2D eigenvalue weighted by Gasteiger charge is -2.17. The Morgan fingerprint density at radius 2 is 1.09 bits per heavy atom. The second-order valence-corrected chi connectivity index (χ2v) is 14.6. The number of nitrogens with one attached hydrogen (secondary N) is 2. The summed E-state index contributed by atoms with van der Waals surface area (Å²) >= 11 is 0. The highest BCUT2D eigenvalue weighted by atomic mass is 16.3. The van der Waals surface area contributed by atoms with E-state index in [-0.39, 0.29) is 59.6 Å². The Morgan fingerprint density at radius 3 is 1.46 bits per heavy atom. The molecule has 0 saturated carbocycles. The van der Waals surface area contributed by atoms with Crippen LogP contribution in [0.25, 0.3) is 43.6 Å². The Balaban J connectivity index is 1.26. The van der Waals surface area contributed by atoms with Crippen molar-refractivity contribution in [3.63, 3.8) is 0 Å². The number of hydrogen-bond acceptors (Lipinski definition) is 10. The quantitative estimate of drug-likeness (QED) is 0.0932. The van der Waals surface area contributed by atoms with E-state index < -0.39 is 23.9 Å². The number of aryl methyl sites for hydroxylation is 2. The molecule has 0 fully saturated rings. The van der Waals surface area contributed by atoms with Crippen molar-refractivity contribution in [2.45, 2.75) is 72.1 Å². The van der Waals surface area contributed by atoms with Gasteiger partial charge in [0.25, 0.3) is 22.9 Å². The van der Waals surface area contributed by atoms with Crippen LogP contribution in [-0.4, -0.2) is 91.9 Å². The number of rotatable bonds is 14. The number of aliphatic hydroxyl groups excluding tert-OH is 2. The number of aromatic nitrogens is 4. The molecule has 0 aliphatic heterocycles. The molecular weight excluding hydrogens is 725 g/mol. The first-order valence-corrected chi connectivity index (χ1v) is 19.0. The van der Waals surface area contributed by atoms with Gasteiger partial charge >= 0.3 is 0 Å². The Kier molecular flexibility index (Phi) is 12.3. The van der Waals surface area contributed by atoms with Crippen LogP contribution in [0.1, 0.15) is 65.0 Å². The highest BCUT2D eigenvalue weighted by Gasteiger charge is 2.22. The largest absolute Gasteiger partial charge is 0.394 e. The maximum atomic E-state index is 14.0. The number of aliphatic imine (C=N–C) groups is 2. The van der Waals surface area contributed by atoms with Gasteiger partial charge in [0.15, 0.2) is 0 Å². The fraction of sp³-hybridized carbons (Fsp3) is 0.349. The summed E-state index contributed by atoms with van der Waals surface area (Å²) in [7, 11) is 3.31. The first-order chi connectivity index (χ1) is 27.4. The highest BCUT2D eigenvalue weighted by molar-refractivity contribution is 6.09. The van der Waals surface area contributed by atoms with Gasteiger partial charge in [-0.2, -0.15) is 0 Å². The first kappa shape index (κ1) is 40.5. The number of amides is 2.